The molecule has 0 spiro atoms. The highest BCUT2D eigenvalue weighted by Crippen LogP contribution is 2.33. The Hall–Kier alpha value is -2.98. The van der Waals surface area contributed by atoms with Gasteiger partial charge in [0.2, 0.25) is 21.8 Å². The normalized spacial score (nSPS) is 12.9. The van der Waals surface area contributed by atoms with Crippen molar-refractivity contribution in [1.82, 2.24) is 10.2 Å². The molecule has 0 aliphatic carbocycles. The smallest absolute Gasteiger partial charge is 0.244 e. The van der Waals surface area contributed by atoms with Crippen molar-refractivity contribution in [3.8, 4) is 11.5 Å². The molecule has 2 aromatic carbocycles. The minimum atomic E-state index is -3.92. The first-order valence-corrected chi connectivity index (χ1v) is 13.7. The van der Waals surface area contributed by atoms with E-state index in [2.05, 4.69) is 5.32 Å². The van der Waals surface area contributed by atoms with Crippen molar-refractivity contribution >= 4 is 39.1 Å². The number of carbonyl (C=O) groups is 2. The van der Waals surface area contributed by atoms with Crippen LogP contribution in [0.25, 0.3) is 0 Å². The van der Waals surface area contributed by atoms with Gasteiger partial charge in [-0.15, -0.1) is 0 Å². The van der Waals surface area contributed by atoms with E-state index in [1.807, 2.05) is 13.8 Å². The summed E-state index contributed by atoms with van der Waals surface area (Å²) in [6.07, 6.45) is 1.71. The molecule has 0 aliphatic heterocycles. The summed E-state index contributed by atoms with van der Waals surface area (Å²) in [4.78, 5) is 28.0. The molecule has 198 valence electrons. The van der Waals surface area contributed by atoms with Crippen LogP contribution in [-0.4, -0.2) is 64.2 Å². The molecule has 2 amide bonds. The maximum atomic E-state index is 13.7. The molecule has 0 saturated heterocycles. The molecule has 2 atom stereocenters. The lowest BCUT2D eigenvalue weighted by Crippen LogP contribution is -2.52. The maximum Gasteiger partial charge on any atom is 0.244 e. The quantitative estimate of drug-likeness (QED) is 0.443. The minimum Gasteiger partial charge on any atom is -0.497 e. The molecule has 0 aliphatic rings. The van der Waals surface area contributed by atoms with E-state index in [1.165, 1.54) is 31.3 Å². The number of anilines is 1. The molecule has 2 aromatic rings. The lowest BCUT2D eigenvalue weighted by atomic mass is 10.1. The first-order valence-electron chi connectivity index (χ1n) is 11.4. The number of rotatable bonds is 12. The second kappa shape index (κ2) is 12.8. The van der Waals surface area contributed by atoms with Gasteiger partial charge in [0.05, 0.1) is 26.2 Å². The number of nitrogens with zero attached hydrogens (tertiary/aromatic N) is 2. The molecule has 2 rings (SSSR count). The fraction of sp³-hybridized carbons (Fsp3) is 0.440. The predicted octanol–water partition coefficient (Wildman–Crippen LogP) is 3.46. The lowest BCUT2D eigenvalue weighted by molar-refractivity contribution is -0.139. The summed E-state index contributed by atoms with van der Waals surface area (Å²) < 4.78 is 37.0. The minimum absolute atomic E-state index is 0.0649. The number of hydrogen-bond donors (Lipinski definition) is 1. The van der Waals surface area contributed by atoms with Crippen molar-refractivity contribution < 1.29 is 27.5 Å². The van der Waals surface area contributed by atoms with E-state index in [1.54, 1.807) is 37.3 Å². The summed E-state index contributed by atoms with van der Waals surface area (Å²) in [5.74, 6) is -0.0820. The van der Waals surface area contributed by atoms with E-state index in [9.17, 15) is 18.0 Å². The zero-order valence-electron chi connectivity index (χ0n) is 21.4. The van der Waals surface area contributed by atoms with E-state index >= 15 is 0 Å². The second-order valence-corrected chi connectivity index (χ2v) is 10.8. The second-order valence-electron chi connectivity index (χ2n) is 8.45. The lowest BCUT2D eigenvalue weighted by Gasteiger charge is -2.32. The van der Waals surface area contributed by atoms with Gasteiger partial charge < -0.3 is 19.7 Å². The van der Waals surface area contributed by atoms with Gasteiger partial charge in [0.15, 0.2) is 0 Å². The number of sulfonamides is 1. The van der Waals surface area contributed by atoms with Crippen LogP contribution in [0.3, 0.4) is 0 Å². The van der Waals surface area contributed by atoms with Gasteiger partial charge in [-0.2, -0.15) is 0 Å². The third-order valence-electron chi connectivity index (χ3n) is 5.74. The largest absolute Gasteiger partial charge is 0.497 e. The highest BCUT2D eigenvalue weighted by atomic mass is 35.5. The van der Waals surface area contributed by atoms with Gasteiger partial charge in [-0.25, -0.2) is 8.42 Å². The molecule has 9 nitrogen and oxygen atoms in total. The standard InChI is InChI=1S/C25H34ClN3O6S/c1-7-17(2)27-25(31)18(3)28(15-19-9-8-10-21(13-19)34-4)24(30)16-29(36(6,32)33)22-14-20(26)11-12-23(22)35-5/h8-14,17-18H,7,15-16H2,1-6H3,(H,27,31). The van der Waals surface area contributed by atoms with Gasteiger partial charge in [-0.1, -0.05) is 30.7 Å². The summed E-state index contributed by atoms with van der Waals surface area (Å²) >= 11 is 6.12. The van der Waals surface area contributed by atoms with E-state index in [0.717, 1.165) is 22.5 Å². The highest BCUT2D eigenvalue weighted by molar-refractivity contribution is 7.92. The molecule has 0 bridgehead atoms. The summed E-state index contributed by atoms with van der Waals surface area (Å²) in [5.41, 5.74) is 0.844. The Morgan fingerprint density at radius 2 is 1.78 bits per heavy atom. The molecule has 2 unspecified atom stereocenters. The molecule has 0 radical (unpaired) electrons. The molecular formula is C25H34ClN3O6S. The molecule has 0 heterocycles. The fourth-order valence-corrected chi connectivity index (χ4v) is 4.48. The van der Waals surface area contributed by atoms with Crippen molar-refractivity contribution in [2.24, 2.45) is 0 Å². The van der Waals surface area contributed by atoms with Crippen LogP contribution in [-0.2, 0) is 26.2 Å². The van der Waals surface area contributed by atoms with Gasteiger partial charge in [-0.3, -0.25) is 13.9 Å². The van der Waals surface area contributed by atoms with Crippen LogP contribution >= 0.6 is 11.6 Å². The van der Waals surface area contributed by atoms with E-state index in [0.29, 0.717) is 5.75 Å². The third kappa shape index (κ3) is 7.76. The van der Waals surface area contributed by atoms with Crippen molar-refractivity contribution in [2.45, 2.75) is 45.8 Å². The van der Waals surface area contributed by atoms with Crippen LogP contribution in [0.1, 0.15) is 32.8 Å². The maximum absolute atomic E-state index is 13.7. The summed E-state index contributed by atoms with van der Waals surface area (Å²) in [7, 11) is -0.993. The van der Waals surface area contributed by atoms with Crippen molar-refractivity contribution in [1.29, 1.82) is 0 Å². The number of amides is 2. The highest BCUT2D eigenvalue weighted by Gasteiger charge is 2.31. The molecule has 0 aromatic heterocycles. The van der Waals surface area contributed by atoms with Crippen LogP contribution in [0, 0.1) is 0 Å². The number of nitrogens with one attached hydrogen (secondary N) is 1. The van der Waals surface area contributed by atoms with Crippen LogP contribution in [0.2, 0.25) is 5.02 Å². The average Bonchev–Trinajstić information content (AvgIpc) is 2.84. The van der Waals surface area contributed by atoms with Crippen molar-refractivity contribution in [3.63, 3.8) is 0 Å². The zero-order chi connectivity index (χ0) is 27.0. The van der Waals surface area contributed by atoms with Gasteiger partial charge in [0.25, 0.3) is 0 Å². The third-order valence-corrected chi connectivity index (χ3v) is 7.11. The van der Waals surface area contributed by atoms with E-state index in [-0.39, 0.29) is 35.0 Å². The Labute approximate surface area is 218 Å². The summed E-state index contributed by atoms with van der Waals surface area (Å²) in [6, 6.07) is 10.6. The Bertz CT molecular complexity index is 1170. The number of halogens is 1. The van der Waals surface area contributed by atoms with Gasteiger partial charge >= 0.3 is 0 Å². The zero-order valence-corrected chi connectivity index (χ0v) is 23.0. The predicted molar refractivity (Wildman–Crippen MR) is 141 cm³/mol. The van der Waals surface area contributed by atoms with E-state index in [4.69, 9.17) is 21.1 Å². The molecule has 1 N–H and O–H groups in total. The van der Waals surface area contributed by atoms with Crippen LogP contribution in [0.5, 0.6) is 11.5 Å². The van der Waals surface area contributed by atoms with Gasteiger partial charge in [0.1, 0.15) is 24.1 Å². The monoisotopic (exact) mass is 539 g/mol. The topological polar surface area (TPSA) is 105 Å². The van der Waals surface area contributed by atoms with Crippen molar-refractivity contribution in [3.05, 3.63) is 53.1 Å². The van der Waals surface area contributed by atoms with E-state index < -0.39 is 28.5 Å². The van der Waals surface area contributed by atoms with Crippen LogP contribution < -0.4 is 19.1 Å². The first kappa shape index (κ1) is 29.3. The Morgan fingerprint density at radius 1 is 1.08 bits per heavy atom. The average molecular weight is 540 g/mol. The molecule has 36 heavy (non-hydrogen) atoms. The SMILES string of the molecule is CCC(C)NC(=O)C(C)N(Cc1cccc(OC)c1)C(=O)CN(c1cc(Cl)ccc1OC)S(C)(=O)=O. The Balaban J connectivity index is 2.47. The fourth-order valence-electron chi connectivity index (χ4n) is 3.47. The van der Waals surface area contributed by atoms with Crippen molar-refractivity contribution in [2.75, 3.05) is 31.3 Å². The number of methoxy groups -OCH3 is 2. The van der Waals surface area contributed by atoms with Gasteiger partial charge in [0, 0.05) is 17.6 Å². The summed E-state index contributed by atoms with van der Waals surface area (Å²) in [6.45, 7) is 4.93. The molecular weight excluding hydrogens is 506 g/mol. The summed E-state index contributed by atoms with van der Waals surface area (Å²) in [5, 5.41) is 3.17. The van der Waals surface area contributed by atoms with Gasteiger partial charge in [-0.05, 0) is 56.2 Å². The first-order chi connectivity index (χ1) is 16.9. The number of carbonyl (C=O) groups excluding carboxylic acids is 2. The van der Waals surface area contributed by atoms with Crippen LogP contribution in [0.4, 0.5) is 5.69 Å². The number of hydrogen-bond acceptors (Lipinski definition) is 6. The molecule has 0 fully saturated rings. The van der Waals surface area contributed by atoms with Crippen LogP contribution in [0.15, 0.2) is 42.5 Å². The molecule has 0 saturated carbocycles. The number of benzene rings is 2. The molecule has 11 heteroatoms. The number of ether oxygens (including phenoxy) is 2. The Morgan fingerprint density at radius 3 is 2.36 bits per heavy atom. The Kier molecular flexibility index (Phi) is 10.4.